The van der Waals surface area contributed by atoms with E-state index in [4.69, 9.17) is 16.3 Å². The minimum Gasteiger partial charge on any atom is -0.482 e. The van der Waals surface area contributed by atoms with Gasteiger partial charge in [-0.3, -0.25) is 0 Å². The van der Waals surface area contributed by atoms with E-state index in [9.17, 15) is 10.1 Å². The van der Waals surface area contributed by atoms with Gasteiger partial charge in [0.1, 0.15) is 5.75 Å². The first-order chi connectivity index (χ1) is 11.1. The van der Waals surface area contributed by atoms with E-state index in [2.05, 4.69) is 10.8 Å². The lowest BCUT2D eigenvalue weighted by atomic mass is 10.0. The van der Waals surface area contributed by atoms with Gasteiger partial charge in [-0.05, 0) is 41.5 Å². The van der Waals surface area contributed by atoms with Crippen LogP contribution in [0.3, 0.4) is 0 Å². The molecule has 0 aliphatic heterocycles. The molecule has 2 rings (SSSR count). The summed E-state index contributed by atoms with van der Waals surface area (Å²) in [6.45, 7) is -0.139. The standard InChI is InChI=1S/C18H14ClNO3/c1-22-18(21)12-23-17-8-2-13(3-9-17)10-15(11-20)14-4-6-16(19)7-5-14/h2-10H,12H2,1H3/b15-10-. The molecule has 0 aliphatic rings. The van der Waals surface area contributed by atoms with E-state index in [-0.39, 0.29) is 6.61 Å². The second-order valence-corrected chi connectivity index (χ2v) is 5.05. The summed E-state index contributed by atoms with van der Waals surface area (Å²) in [5.41, 5.74) is 2.18. The number of benzene rings is 2. The Balaban J connectivity index is 2.13. The number of hydrogen-bond acceptors (Lipinski definition) is 4. The first kappa shape index (κ1) is 16.6. The molecule has 0 aromatic heterocycles. The molecule has 2 aromatic rings. The Morgan fingerprint density at radius 1 is 1.17 bits per heavy atom. The molecule has 0 fully saturated rings. The first-order valence-corrected chi connectivity index (χ1v) is 7.17. The number of allylic oxidation sites excluding steroid dienone is 1. The predicted octanol–water partition coefficient (Wildman–Crippen LogP) is 3.96. The van der Waals surface area contributed by atoms with Gasteiger partial charge in [-0.25, -0.2) is 4.79 Å². The lowest BCUT2D eigenvalue weighted by Crippen LogP contribution is -2.12. The normalized spacial score (nSPS) is 10.7. The van der Waals surface area contributed by atoms with Crippen LogP contribution < -0.4 is 4.74 Å². The first-order valence-electron chi connectivity index (χ1n) is 6.80. The van der Waals surface area contributed by atoms with Crippen molar-refractivity contribution in [3.8, 4) is 11.8 Å². The zero-order chi connectivity index (χ0) is 16.7. The zero-order valence-corrected chi connectivity index (χ0v) is 13.2. The highest BCUT2D eigenvalue weighted by Gasteiger charge is 2.03. The molecule has 23 heavy (non-hydrogen) atoms. The van der Waals surface area contributed by atoms with Gasteiger partial charge in [0.05, 0.1) is 18.8 Å². The summed E-state index contributed by atoms with van der Waals surface area (Å²) in [5.74, 6) is 0.112. The fraction of sp³-hybridized carbons (Fsp3) is 0.111. The fourth-order valence-electron chi connectivity index (χ4n) is 1.84. The van der Waals surface area contributed by atoms with Crippen molar-refractivity contribution < 1.29 is 14.3 Å². The number of hydrogen-bond donors (Lipinski definition) is 0. The molecule has 2 aromatic carbocycles. The number of nitrogens with zero attached hydrogens (tertiary/aromatic N) is 1. The molecule has 0 radical (unpaired) electrons. The molecule has 0 saturated heterocycles. The summed E-state index contributed by atoms with van der Waals surface area (Å²) in [6, 6.07) is 16.3. The van der Waals surface area contributed by atoms with Gasteiger partial charge in [0.2, 0.25) is 0 Å². The molecular formula is C18H14ClNO3. The molecular weight excluding hydrogens is 314 g/mol. The molecule has 0 saturated carbocycles. The third kappa shape index (κ3) is 4.87. The summed E-state index contributed by atoms with van der Waals surface area (Å²) in [7, 11) is 1.31. The highest BCUT2D eigenvalue weighted by molar-refractivity contribution is 6.30. The van der Waals surface area contributed by atoms with E-state index < -0.39 is 5.97 Å². The quantitative estimate of drug-likeness (QED) is 0.474. The third-order valence-electron chi connectivity index (χ3n) is 3.05. The van der Waals surface area contributed by atoms with Crippen molar-refractivity contribution in [3.63, 3.8) is 0 Å². The molecule has 0 heterocycles. The van der Waals surface area contributed by atoms with Gasteiger partial charge in [0.25, 0.3) is 0 Å². The van der Waals surface area contributed by atoms with Crippen LogP contribution in [0.4, 0.5) is 0 Å². The van der Waals surface area contributed by atoms with Crippen molar-refractivity contribution in [2.75, 3.05) is 13.7 Å². The highest BCUT2D eigenvalue weighted by Crippen LogP contribution is 2.21. The predicted molar refractivity (Wildman–Crippen MR) is 88.9 cm³/mol. The Hall–Kier alpha value is -2.77. The SMILES string of the molecule is COC(=O)COc1ccc(/C=C(/C#N)c2ccc(Cl)cc2)cc1. The van der Waals surface area contributed by atoms with Crippen LogP contribution in [-0.4, -0.2) is 19.7 Å². The molecule has 0 aliphatic carbocycles. The van der Waals surface area contributed by atoms with Crippen LogP contribution in [0.1, 0.15) is 11.1 Å². The number of carbonyl (C=O) groups excluding carboxylic acids is 1. The number of esters is 1. The summed E-state index contributed by atoms with van der Waals surface area (Å²) in [5, 5.41) is 9.93. The third-order valence-corrected chi connectivity index (χ3v) is 3.30. The lowest BCUT2D eigenvalue weighted by molar-refractivity contribution is -0.142. The maximum atomic E-state index is 11.0. The van der Waals surface area contributed by atoms with Gasteiger partial charge in [-0.1, -0.05) is 35.9 Å². The Labute approximate surface area is 139 Å². The Morgan fingerprint density at radius 3 is 2.39 bits per heavy atom. The molecule has 0 spiro atoms. The van der Waals surface area contributed by atoms with Gasteiger partial charge < -0.3 is 9.47 Å². The summed E-state index contributed by atoms with van der Waals surface area (Å²) < 4.78 is 9.77. The van der Waals surface area contributed by atoms with Crippen LogP contribution in [0.25, 0.3) is 11.6 Å². The molecule has 0 unspecified atom stereocenters. The largest absolute Gasteiger partial charge is 0.482 e. The van der Waals surface area contributed by atoms with Crippen molar-refractivity contribution >= 4 is 29.2 Å². The van der Waals surface area contributed by atoms with Crippen molar-refractivity contribution in [1.82, 2.24) is 0 Å². The fourth-order valence-corrected chi connectivity index (χ4v) is 1.96. The monoisotopic (exact) mass is 327 g/mol. The minimum absolute atomic E-state index is 0.139. The van der Waals surface area contributed by atoms with E-state index in [1.54, 1.807) is 54.6 Å². The number of nitriles is 1. The zero-order valence-electron chi connectivity index (χ0n) is 12.5. The van der Waals surface area contributed by atoms with Crippen LogP contribution in [0.15, 0.2) is 48.5 Å². The average molecular weight is 328 g/mol. The van der Waals surface area contributed by atoms with Gasteiger partial charge in [0, 0.05) is 5.02 Å². The molecule has 4 nitrogen and oxygen atoms in total. The van der Waals surface area contributed by atoms with Gasteiger partial charge >= 0.3 is 5.97 Å². The second kappa shape index (κ2) is 8.02. The van der Waals surface area contributed by atoms with Crippen LogP contribution in [0.2, 0.25) is 5.02 Å². The van der Waals surface area contributed by atoms with Crippen molar-refractivity contribution in [3.05, 3.63) is 64.7 Å². The van der Waals surface area contributed by atoms with Crippen molar-refractivity contribution in [2.45, 2.75) is 0 Å². The number of carbonyl (C=O) groups is 1. The van der Waals surface area contributed by atoms with Crippen molar-refractivity contribution in [2.24, 2.45) is 0 Å². The highest BCUT2D eigenvalue weighted by atomic mass is 35.5. The summed E-state index contributed by atoms with van der Waals surface area (Å²) >= 11 is 5.85. The van der Waals surface area contributed by atoms with E-state index in [0.29, 0.717) is 16.3 Å². The number of rotatable bonds is 5. The van der Waals surface area contributed by atoms with Crippen LogP contribution in [0.5, 0.6) is 5.75 Å². The van der Waals surface area contributed by atoms with Gasteiger partial charge in [-0.15, -0.1) is 0 Å². The lowest BCUT2D eigenvalue weighted by Gasteiger charge is -2.05. The molecule has 116 valence electrons. The molecule has 0 bridgehead atoms. The maximum absolute atomic E-state index is 11.0. The smallest absolute Gasteiger partial charge is 0.343 e. The second-order valence-electron chi connectivity index (χ2n) is 4.61. The van der Waals surface area contributed by atoms with E-state index in [1.807, 2.05) is 0 Å². The van der Waals surface area contributed by atoms with Crippen molar-refractivity contribution in [1.29, 1.82) is 5.26 Å². The van der Waals surface area contributed by atoms with Gasteiger partial charge in [0.15, 0.2) is 6.61 Å². The Morgan fingerprint density at radius 2 is 1.83 bits per heavy atom. The summed E-state index contributed by atoms with van der Waals surface area (Å²) in [6.07, 6.45) is 1.77. The number of ether oxygens (including phenoxy) is 2. The molecule has 0 amide bonds. The number of halogens is 1. The summed E-state index contributed by atoms with van der Waals surface area (Å²) in [4.78, 5) is 11.0. The average Bonchev–Trinajstić information content (AvgIpc) is 2.59. The topological polar surface area (TPSA) is 59.3 Å². The van der Waals surface area contributed by atoms with Crippen LogP contribution in [-0.2, 0) is 9.53 Å². The van der Waals surface area contributed by atoms with Gasteiger partial charge in [-0.2, -0.15) is 5.26 Å². The van der Waals surface area contributed by atoms with E-state index >= 15 is 0 Å². The maximum Gasteiger partial charge on any atom is 0.343 e. The molecule has 0 atom stereocenters. The molecule has 5 heteroatoms. The minimum atomic E-state index is -0.441. The van der Waals surface area contributed by atoms with Crippen LogP contribution in [0, 0.1) is 11.3 Å². The van der Waals surface area contributed by atoms with E-state index in [1.165, 1.54) is 7.11 Å². The Kier molecular flexibility index (Phi) is 5.79. The molecule has 0 N–H and O–H groups in total. The van der Waals surface area contributed by atoms with E-state index in [0.717, 1.165) is 11.1 Å². The Bertz CT molecular complexity index is 743. The number of methoxy groups -OCH3 is 1. The van der Waals surface area contributed by atoms with Crippen LogP contribution >= 0.6 is 11.6 Å².